The first-order valence-corrected chi connectivity index (χ1v) is 5.41. The highest BCUT2D eigenvalue weighted by Gasteiger charge is 2.28. The number of phenolic OH excluding ortho intramolecular Hbond substituents is 1. The molecule has 15 heavy (non-hydrogen) atoms. The molecule has 1 saturated carbocycles. The summed E-state index contributed by atoms with van der Waals surface area (Å²) in [6.45, 7) is 0. The van der Waals surface area contributed by atoms with E-state index in [2.05, 4.69) is 0 Å². The van der Waals surface area contributed by atoms with Gasteiger partial charge in [-0.05, 0) is 24.8 Å². The SMILES string of the molecule is N[C@H](c1ccc(F)c(Cl)c1O)C1CCC1. The summed E-state index contributed by atoms with van der Waals surface area (Å²) in [4.78, 5) is 0. The van der Waals surface area contributed by atoms with Crippen LogP contribution in [-0.4, -0.2) is 5.11 Å². The van der Waals surface area contributed by atoms with Gasteiger partial charge in [-0.15, -0.1) is 0 Å². The van der Waals surface area contributed by atoms with E-state index in [4.69, 9.17) is 17.3 Å². The van der Waals surface area contributed by atoms with Crippen LogP contribution < -0.4 is 5.73 Å². The maximum absolute atomic E-state index is 13.0. The lowest BCUT2D eigenvalue weighted by molar-refractivity contribution is 0.260. The van der Waals surface area contributed by atoms with E-state index in [1.165, 1.54) is 18.6 Å². The van der Waals surface area contributed by atoms with Crippen LogP contribution in [0.5, 0.6) is 5.75 Å². The summed E-state index contributed by atoms with van der Waals surface area (Å²) in [6, 6.07) is 2.52. The summed E-state index contributed by atoms with van der Waals surface area (Å²) in [6.07, 6.45) is 3.30. The number of rotatable bonds is 2. The van der Waals surface area contributed by atoms with Crippen LogP contribution in [0.25, 0.3) is 0 Å². The molecular formula is C11H13ClFNO. The van der Waals surface area contributed by atoms with Gasteiger partial charge in [-0.1, -0.05) is 24.1 Å². The minimum Gasteiger partial charge on any atom is -0.506 e. The fourth-order valence-electron chi connectivity index (χ4n) is 1.88. The molecule has 1 aliphatic rings. The highest BCUT2D eigenvalue weighted by atomic mass is 35.5. The molecule has 1 aromatic rings. The standard InChI is InChI=1S/C11H13ClFNO/c12-9-8(13)5-4-7(11(9)15)10(14)6-2-1-3-6/h4-6,10,15H,1-3,14H2/t10-/m0/s1. The Bertz CT molecular complexity index is 379. The number of hydrogen-bond acceptors (Lipinski definition) is 2. The van der Waals surface area contributed by atoms with Crippen LogP contribution >= 0.6 is 11.6 Å². The second-order valence-corrected chi connectivity index (χ2v) is 4.39. The van der Waals surface area contributed by atoms with Gasteiger partial charge in [-0.25, -0.2) is 4.39 Å². The normalized spacial score (nSPS) is 18.6. The third kappa shape index (κ3) is 1.82. The Morgan fingerprint density at radius 3 is 2.67 bits per heavy atom. The number of phenols is 1. The molecule has 2 rings (SSSR count). The van der Waals surface area contributed by atoms with Gasteiger partial charge in [0.25, 0.3) is 0 Å². The molecule has 0 aliphatic heterocycles. The lowest BCUT2D eigenvalue weighted by Gasteiger charge is -2.31. The molecule has 1 aromatic carbocycles. The monoisotopic (exact) mass is 229 g/mol. The average molecular weight is 230 g/mol. The van der Waals surface area contributed by atoms with Crippen LogP contribution in [0.2, 0.25) is 5.02 Å². The Morgan fingerprint density at radius 2 is 2.13 bits per heavy atom. The number of nitrogens with two attached hydrogens (primary N) is 1. The molecule has 1 atom stereocenters. The van der Waals surface area contributed by atoms with Crippen molar-refractivity contribution in [3.05, 3.63) is 28.5 Å². The van der Waals surface area contributed by atoms with Crippen LogP contribution in [0.15, 0.2) is 12.1 Å². The van der Waals surface area contributed by atoms with Crippen molar-refractivity contribution >= 4 is 11.6 Å². The van der Waals surface area contributed by atoms with Gasteiger partial charge >= 0.3 is 0 Å². The Hall–Kier alpha value is -0.800. The fourth-order valence-corrected chi connectivity index (χ4v) is 2.05. The second-order valence-electron chi connectivity index (χ2n) is 4.02. The lowest BCUT2D eigenvalue weighted by Crippen LogP contribution is -2.26. The molecular weight excluding hydrogens is 217 g/mol. The zero-order chi connectivity index (χ0) is 11.0. The van der Waals surface area contributed by atoms with E-state index < -0.39 is 5.82 Å². The first-order chi connectivity index (χ1) is 7.11. The average Bonchev–Trinajstić information content (AvgIpc) is 2.11. The molecule has 0 aromatic heterocycles. The van der Waals surface area contributed by atoms with Gasteiger partial charge in [0.15, 0.2) is 0 Å². The largest absolute Gasteiger partial charge is 0.506 e. The van der Waals surface area contributed by atoms with Crippen LogP contribution in [0.1, 0.15) is 30.9 Å². The van der Waals surface area contributed by atoms with Gasteiger partial charge in [0.1, 0.15) is 16.6 Å². The third-order valence-electron chi connectivity index (χ3n) is 3.12. The quantitative estimate of drug-likeness (QED) is 0.819. The van der Waals surface area contributed by atoms with Crippen molar-refractivity contribution in [3.8, 4) is 5.75 Å². The molecule has 0 heterocycles. The summed E-state index contributed by atoms with van der Waals surface area (Å²) in [7, 11) is 0. The van der Waals surface area contributed by atoms with Crippen molar-refractivity contribution in [2.75, 3.05) is 0 Å². The van der Waals surface area contributed by atoms with E-state index in [1.807, 2.05) is 0 Å². The fraction of sp³-hybridized carbons (Fsp3) is 0.455. The topological polar surface area (TPSA) is 46.2 Å². The summed E-state index contributed by atoms with van der Waals surface area (Å²) < 4.78 is 13.0. The highest BCUT2D eigenvalue weighted by Crippen LogP contribution is 2.41. The van der Waals surface area contributed by atoms with Crippen LogP contribution in [-0.2, 0) is 0 Å². The first kappa shape index (κ1) is 10.7. The number of aromatic hydroxyl groups is 1. The van der Waals surface area contributed by atoms with Gasteiger partial charge < -0.3 is 10.8 Å². The number of hydrogen-bond donors (Lipinski definition) is 2. The molecule has 0 amide bonds. The highest BCUT2D eigenvalue weighted by molar-refractivity contribution is 6.32. The second kappa shape index (κ2) is 3.99. The van der Waals surface area contributed by atoms with E-state index in [0.717, 1.165) is 12.8 Å². The molecule has 1 fully saturated rings. The minimum atomic E-state index is -0.612. The molecule has 1 aliphatic carbocycles. The molecule has 82 valence electrons. The third-order valence-corrected chi connectivity index (χ3v) is 3.48. The molecule has 2 nitrogen and oxygen atoms in total. The van der Waals surface area contributed by atoms with E-state index in [0.29, 0.717) is 11.5 Å². The lowest BCUT2D eigenvalue weighted by atomic mass is 9.77. The molecule has 0 unspecified atom stereocenters. The zero-order valence-electron chi connectivity index (χ0n) is 8.21. The molecule has 0 radical (unpaired) electrons. The Labute approximate surface area is 92.9 Å². The van der Waals surface area contributed by atoms with E-state index in [1.54, 1.807) is 0 Å². The Balaban J connectivity index is 2.31. The number of benzene rings is 1. The van der Waals surface area contributed by atoms with Crippen LogP contribution in [0.3, 0.4) is 0 Å². The predicted molar refractivity (Wildman–Crippen MR) is 57.3 cm³/mol. The Kier molecular flexibility index (Phi) is 2.85. The molecule has 0 bridgehead atoms. The van der Waals surface area contributed by atoms with Crippen LogP contribution in [0.4, 0.5) is 4.39 Å². The molecule has 4 heteroatoms. The van der Waals surface area contributed by atoms with Crippen molar-refractivity contribution in [3.63, 3.8) is 0 Å². The summed E-state index contributed by atoms with van der Waals surface area (Å²) in [5.74, 6) is -0.438. The summed E-state index contributed by atoms with van der Waals surface area (Å²) >= 11 is 5.61. The van der Waals surface area contributed by atoms with E-state index in [-0.39, 0.29) is 16.8 Å². The minimum absolute atomic E-state index is 0.212. The van der Waals surface area contributed by atoms with Gasteiger partial charge in [0, 0.05) is 11.6 Å². The number of halogens is 2. The van der Waals surface area contributed by atoms with Gasteiger partial charge in [-0.3, -0.25) is 0 Å². The predicted octanol–water partition coefficient (Wildman–Crippen LogP) is 2.98. The summed E-state index contributed by atoms with van der Waals surface area (Å²) in [5.41, 5.74) is 6.53. The van der Waals surface area contributed by atoms with Crippen molar-refractivity contribution in [2.45, 2.75) is 25.3 Å². The molecule has 0 spiro atoms. The molecule has 3 N–H and O–H groups in total. The smallest absolute Gasteiger partial charge is 0.145 e. The Morgan fingerprint density at radius 1 is 1.47 bits per heavy atom. The van der Waals surface area contributed by atoms with Crippen molar-refractivity contribution in [1.82, 2.24) is 0 Å². The maximum atomic E-state index is 13.0. The van der Waals surface area contributed by atoms with Gasteiger partial charge in [0.05, 0.1) is 0 Å². The maximum Gasteiger partial charge on any atom is 0.145 e. The van der Waals surface area contributed by atoms with Gasteiger partial charge in [-0.2, -0.15) is 0 Å². The summed E-state index contributed by atoms with van der Waals surface area (Å²) in [5, 5.41) is 9.43. The van der Waals surface area contributed by atoms with Crippen molar-refractivity contribution < 1.29 is 9.50 Å². The first-order valence-electron chi connectivity index (χ1n) is 5.03. The van der Waals surface area contributed by atoms with Crippen molar-refractivity contribution in [2.24, 2.45) is 11.7 Å². The van der Waals surface area contributed by atoms with Crippen LogP contribution in [0, 0.1) is 11.7 Å². The zero-order valence-corrected chi connectivity index (χ0v) is 8.97. The van der Waals surface area contributed by atoms with E-state index in [9.17, 15) is 9.50 Å². The molecule has 0 saturated heterocycles. The van der Waals surface area contributed by atoms with Gasteiger partial charge in [0.2, 0.25) is 0 Å². The van der Waals surface area contributed by atoms with E-state index >= 15 is 0 Å². The van der Waals surface area contributed by atoms with Crippen molar-refractivity contribution in [1.29, 1.82) is 0 Å².